The van der Waals surface area contributed by atoms with Crippen molar-refractivity contribution < 1.29 is 14.3 Å². The number of likely N-dealkylation sites (tertiary alicyclic amines) is 1. The molecule has 1 N–H and O–H groups in total. The zero-order chi connectivity index (χ0) is 22.1. The lowest BCUT2D eigenvalue weighted by molar-refractivity contribution is 0.150. The first kappa shape index (κ1) is 22.9. The second-order valence-corrected chi connectivity index (χ2v) is 8.14. The molecular formula is C25H35N3O3. The lowest BCUT2D eigenvalue weighted by atomic mass is 10.0. The van der Waals surface area contributed by atoms with Gasteiger partial charge < -0.3 is 24.6 Å². The van der Waals surface area contributed by atoms with E-state index in [4.69, 9.17) is 9.47 Å². The molecule has 0 bridgehead atoms. The van der Waals surface area contributed by atoms with Crippen LogP contribution >= 0.6 is 0 Å². The van der Waals surface area contributed by atoms with Crippen LogP contribution in [-0.2, 0) is 6.54 Å². The van der Waals surface area contributed by atoms with Gasteiger partial charge in [-0.3, -0.25) is 0 Å². The van der Waals surface area contributed by atoms with Crippen LogP contribution < -0.4 is 14.8 Å². The summed E-state index contributed by atoms with van der Waals surface area (Å²) in [5.41, 5.74) is 1.81. The Balaban J connectivity index is 1.68. The molecule has 3 rings (SSSR count). The number of para-hydroxylation sites is 1. The van der Waals surface area contributed by atoms with E-state index in [0.29, 0.717) is 30.6 Å². The highest BCUT2D eigenvalue weighted by molar-refractivity contribution is 5.89. The standard InChI is InChI=1S/C25H35N3O3/c1-20-10-7-8-15-27(20)16-9-17-28(25(29)26-22-11-5-4-6-12-22)19-21-13-14-23(30-2)24(18-21)31-3/h4-6,11-14,18,20H,7-10,15-17,19H2,1-3H3,(H,26,29). The first-order valence-corrected chi connectivity index (χ1v) is 11.2. The lowest BCUT2D eigenvalue weighted by Crippen LogP contribution is -2.40. The molecule has 1 saturated heterocycles. The monoisotopic (exact) mass is 425 g/mol. The molecule has 2 amide bonds. The van der Waals surface area contributed by atoms with Gasteiger partial charge in [-0.2, -0.15) is 0 Å². The molecular weight excluding hydrogens is 390 g/mol. The summed E-state index contributed by atoms with van der Waals surface area (Å²) < 4.78 is 10.8. The summed E-state index contributed by atoms with van der Waals surface area (Å²) in [5, 5.41) is 3.03. The molecule has 1 fully saturated rings. The largest absolute Gasteiger partial charge is 0.493 e. The number of carbonyl (C=O) groups excluding carboxylic acids is 1. The second-order valence-electron chi connectivity index (χ2n) is 8.14. The van der Waals surface area contributed by atoms with Gasteiger partial charge in [-0.25, -0.2) is 4.79 Å². The molecule has 1 aliphatic rings. The van der Waals surface area contributed by atoms with Gasteiger partial charge in [-0.1, -0.05) is 30.7 Å². The zero-order valence-electron chi connectivity index (χ0n) is 19.0. The van der Waals surface area contributed by atoms with Gasteiger partial charge in [0.25, 0.3) is 0 Å². The first-order valence-electron chi connectivity index (χ1n) is 11.2. The van der Waals surface area contributed by atoms with Gasteiger partial charge in [-0.05, 0) is 62.6 Å². The molecule has 31 heavy (non-hydrogen) atoms. The van der Waals surface area contributed by atoms with E-state index in [1.165, 1.54) is 19.3 Å². The van der Waals surface area contributed by atoms with Crippen LogP contribution in [0.15, 0.2) is 48.5 Å². The molecule has 1 heterocycles. The van der Waals surface area contributed by atoms with Crippen LogP contribution in [0.1, 0.15) is 38.2 Å². The normalized spacial score (nSPS) is 16.5. The van der Waals surface area contributed by atoms with Crippen LogP contribution in [0.5, 0.6) is 11.5 Å². The highest BCUT2D eigenvalue weighted by Crippen LogP contribution is 2.28. The molecule has 0 aromatic heterocycles. The number of hydrogen-bond acceptors (Lipinski definition) is 4. The highest BCUT2D eigenvalue weighted by atomic mass is 16.5. The number of methoxy groups -OCH3 is 2. The Morgan fingerprint density at radius 1 is 1.10 bits per heavy atom. The summed E-state index contributed by atoms with van der Waals surface area (Å²) in [4.78, 5) is 17.5. The van der Waals surface area contributed by atoms with Crippen molar-refractivity contribution in [2.24, 2.45) is 0 Å². The van der Waals surface area contributed by atoms with E-state index in [1.807, 2.05) is 53.4 Å². The summed E-state index contributed by atoms with van der Waals surface area (Å²) in [6, 6.07) is 15.9. The van der Waals surface area contributed by atoms with Crippen molar-refractivity contribution in [2.45, 2.75) is 45.2 Å². The zero-order valence-corrected chi connectivity index (χ0v) is 19.0. The number of nitrogens with zero attached hydrogens (tertiary/aromatic N) is 2. The van der Waals surface area contributed by atoms with Gasteiger partial charge >= 0.3 is 6.03 Å². The highest BCUT2D eigenvalue weighted by Gasteiger charge is 2.20. The van der Waals surface area contributed by atoms with Crippen LogP contribution in [-0.4, -0.2) is 55.7 Å². The SMILES string of the molecule is COc1ccc(CN(CCCN2CCCCC2C)C(=O)Nc2ccccc2)cc1OC. The van der Waals surface area contributed by atoms with E-state index < -0.39 is 0 Å². The Labute approximate surface area is 186 Å². The number of carbonyl (C=O) groups is 1. The molecule has 1 atom stereocenters. The van der Waals surface area contributed by atoms with Crippen molar-refractivity contribution in [2.75, 3.05) is 39.2 Å². The van der Waals surface area contributed by atoms with Crippen LogP contribution in [0.25, 0.3) is 0 Å². The second kappa shape index (κ2) is 11.6. The van der Waals surface area contributed by atoms with Crippen molar-refractivity contribution in [1.29, 1.82) is 0 Å². The predicted molar refractivity (Wildman–Crippen MR) is 125 cm³/mol. The minimum atomic E-state index is -0.0901. The molecule has 2 aromatic carbocycles. The van der Waals surface area contributed by atoms with Gasteiger partial charge in [0.15, 0.2) is 11.5 Å². The predicted octanol–water partition coefficient (Wildman–Crippen LogP) is 5.00. The number of benzene rings is 2. The van der Waals surface area contributed by atoms with Gasteiger partial charge in [0.05, 0.1) is 14.2 Å². The molecule has 0 saturated carbocycles. The fourth-order valence-corrected chi connectivity index (χ4v) is 4.13. The van der Waals surface area contributed by atoms with Gasteiger partial charge in [0, 0.05) is 31.4 Å². The fourth-order valence-electron chi connectivity index (χ4n) is 4.13. The van der Waals surface area contributed by atoms with Gasteiger partial charge in [-0.15, -0.1) is 0 Å². The minimum Gasteiger partial charge on any atom is -0.493 e. The van der Waals surface area contributed by atoms with Crippen molar-refractivity contribution in [3.8, 4) is 11.5 Å². The molecule has 1 aliphatic heterocycles. The first-order chi connectivity index (χ1) is 15.1. The lowest BCUT2D eigenvalue weighted by Gasteiger charge is -2.34. The Morgan fingerprint density at radius 3 is 2.58 bits per heavy atom. The average Bonchev–Trinajstić information content (AvgIpc) is 2.80. The number of piperidine rings is 1. The van der Waals surface area contributed by atoms with Crippen LogP contribution in [0.2, 0.25) is 0 Å². The Kier molecular flexibility index (Phi) is 8.59. The third kappa shape index (κ3) is 6.62. The third-order valence-corrected chi connectivity index (χ3v) is 5.95. The fraction of sp³-hybridized carbons (Fsp3) is 0.480. The van der Waals surface area contributed by atoms with E-state index in [1.54, 1.807) is 14.2 Å². The number of amides is 2. The Morgan fingerprint density at radius 2 is 1.87 bits per heavy atom. The molecule has 168 valence electrons. The maximum absolute atomic E-state index is 13.1. The van der Waals surface area contributed by atoms with Crippen molar-refractivity contribution in [3.63, 3.8) is 0 Å². The van der Waals surface area contributed by atoms with Crippen LogP contribution in [0, 0.1) is 0 Å². The van der Waals surface area contributed by atoms with E-state index in [9.17, 15) is 4.79 Å². The van der Waals surface area contributed by atoms with Crippen molar-refractivity contribution >= 4 is 11.7 Å². The molecule has 2 aromatic rings. The van der Waals surface area contributed by atoms with Gasteiger partial charge in [0.1, 0.15) is 0 Å². The van der Waals surface area contributed by atoms with Gasteiger partial charge in [0.2, 0.25) is 0 Å². The smallest absolute Gasteiger partial charge is 0.322 e. The van der Waals surface area contributed by atoms with E-state index in [-0.39, 0.29) is 6.03 Å². The topological polar surface area (TPSA) is 54.0 Å². The number of rotatable bonds is 9. The molecule has 6 heteroatoms. The molecule has 1 unspecified atom stereocenters. The van der Waals surface area contributed by atoms with Crippen LogP contribution in [0.4, 0.5) is 10.5 Å². The summed E-state index contributed by atoms with van der Waals surface area (Å²) in [6.45, 7) is 5.68. The summed E-state index contributed by atoms with van der Waals surface area (Å²) >= 11 is 0. The number of hydrogen-bond donors (Lipinski definition) is 1. The maximum atomic E-state index is 13.1. The quantitative estimate of drug-likeness (QED) is 0.614. The summed E-state index contributed by atoms with van der Waals surface area (Å²) in [7, 11) is 3.25. The number of urea groups is 1. The van der Waals surface area contributed by atoms with Crippen molar-refractivity contribution in [3.05, 3.63) is 54.1 Å². The third-order valence-electron chi connectivity index (χ3n) is 5.95. The molecule has 0 aliphatic carbocycles. The molecule has 0 spiro atoms. The average molecular weight is 426 g/mol. The number of ether oxygens (including phenoxy) is 2. The van der Waals surface area contributed by atoms with E-state index >= 15 is 0 Å². The number of anilines is 1. The minimum absolute atomic E-state index is 0.0901. The van der Waals surface area contributed by atoms with Crippen molar-refractivity contribution in [1.82, 2.24) is 9.80 Å². The Hall–Kier alpha value is -2.73. The number of nitrogens with one attached hydrogen (secondary N) is 1. The molecule has 6 nitrogen and oxygen atoms in total. The Bertz CT molecular complexity index is 828. The maximum Gasteiger partial charge on any atom is 0.322 e. The van der Waals surface area contributed by atoms with E-state index in [0.717, 1.165) is 30.8 Å². The summed E-state index contributed by atoms with van der Waals surface area (Å²) in [6.07, 6.45) is 4.81. The van der Waals surface area contributed by atoms with Crippen LogP contribution in [0.3, 0.4) is 0 Å². The van der Waals surface area contributed by atoms with E-state index in [2.05, 4.69) is 17.1 Å². The molecule has 0 radical (unpaired) electrons. The summed E-state index contributed by atoms with van der Waals surface area (Å²) in [5.74, 6) is 1.36.